The van der Waals surface area contributed by atoms with Crippen LogP contribution in [0.15, 0.2) is 41.4 Å². The Hall–Kier alpha value is -2.04. The largest absolute Gasteiger partial charge is 0.507 e. The Morgan fingerprint density at radius 2 is 1.73 bits per heavy atom. The molecule has 0 spiro atoms. The van der Waals surface area contributed by atoms with E-state index < -0.39 is 5.97 Å². The summed E-state index contributed by atoms with van der Waals surface area (Å²) in [6.45, 7) is 2.32. The van der Waals surface area contributed by atoms with Gasteiger partial charge in [0.2, 0.25) is 0 Å². The lowest BCUT2D eigenvalue weighted by atomic mass is 9.99. The van der Waals surface area contributed by atoms with Gasteiger partial charge in [0.1, 0.15) is 5.75 Å². The van der Waals surface area contributed by atoms with Crippen molar-refractivity contribution in [2.45, 2.75) is 32.6 Å². The minimum atomic E-state index is -0.783. The zero-order valence-electron chi connectivity index (χ0n) is 14.5. The van der Waals surface area contributed by atoms with Crippen LogP contribution < -0.4 is 0 Å². The normalized spacial score (nSPS) is 11.6. The van der Waals surface area contributed by atoms with Gasteiger partial charge in [-0.2, -0.15) is 0 Å². The van der Waals surface area contributed by atoms with Crippen LogP contribution in [-0.2, 0) is 4.79 Å². The van der Waals surface area contributed by atoms with Crippen LogP contribution in [0, 0.1) is 6.92 Å². The van der Waals surface area contributed by atoms with Crippen LogP contribution in [0.5, 0.6) is 5.75 Å². The van der Waals surface area contributed by atoms with Crippen molar-refractivity contribution in [1.82, 2.24) is 0 Å². The molecule has 4 nitrogen and oxygen atoms in total. The zero-order valence-corrected chi connectivity index (χ0v) is 16.0. The summed E-state index contributed by atoms with van der Waals surface area (Å²) in [5.74, 6) is -0.636. The van der Waals surface area contributed by atoms with Crippen LogP contribution >= 0.6 is 23.2 Å². The lowest BCUT2D eigenvalue weighted by molar-refractivity contribution is -0.137. The first-order valence-electron chi connectivity index (χ1n) is 8.40. The van der Waals surface area contributed by atoms with Gasteiger partial charge in [-0.15, -0.1) is 0 Å². The summed E-state index contributed by atoms with van der Waals surface area (Å²) in [5.41, 5.74) is 2.72. The second-order valence-electron chi connectivity index (χ2n) is 6.06. The molecule has 0 aromatic heterocycles. The highest BCUT2D eigenvalue weighted by Crippen LogP contribution is 2.29. The van der Waals surface area contributed by atoms with Gasteiger partial charge in [0.05, 0.1) is 5.71 Å². The van der Waals surface area contributed by atoms with Gasteiger partial charge in [-0.05, 0) is 49.6 Å². The van der Waals surface area contributed by atoms with Crippen molar-refractivity contribution in [2.75, 3.05) is 6.54 Å². The first-order chi connectivity index (χ1) is 12.4. The molecule has 138 valence electrons. The number of halogens is 2. The zero-order chi connectivity index (χ0) is 19.1. The van der Waals surface area contributed by atoms with Crippen LogP contribution in [-0.4, -0.2) is 28.4 Å². The molecule has 6 heteroatoms. The minimum absolute atomic E-state index is 0.147. The number of hydrogen-bond acceptors (Lipinski definition) is 3. The molecular formula is C20H21Cl2NO3. The van der Waals surface area contributed by atoms with E-state index in [2.05, 4.69) is 4.99 Å². The molecule has 0 atom stereocenters. The number of aliphatic carboxylic acids is 1. The quantitative estimate of drug-likeness (QED) is 0.460. The SMILES string of the molecule is Cc1cc(Cl)cc(C(=NCCCCCC(=O)O)c2ccc(Cl)cc2)c1O. The predicted octanol–water partition coefficient (Wildman–Crippen LogP) is 5.49. The second kappa shape index (κ2) is 9.60. The van der Waals surface area contributed by atoms with E-state index >= 15 is 0 Å². The van der Waals surface area contributed by atoms with E-state index in [1.54, 1.807) is 31.2 Å². The molecule has 26 heavy (non-hydrogen) atoms. The molecule has 0 bridgehead atoms. The fraction of sp³-hybridized carbons (Fsp3) is 0.300. The van der Waals surface area contributed by atoms with E-state index in [0.717, 1.165) is 18.4 Å². The highest BCUT2D eigenvalue weighted by Gasteiger charge is 2.14. The Balaban J connectivity index is 2.27. The number of carbonyl (C=O) groups is 1. The summed E-state index contributed by atoms with van der Waals surface area (Å²) in [6.07, 6.45) is 2.35. The molecule has 0 fully saturated rings. The standard InChI is InChI=1S/C20H21Cl2NO3/c1-13-11-16(22)12-17(20(13)26)19(14-6-8-15(21)9-7-14)23-10-4-2-3-5-18(24)25/h6-9,11-12,26H,2-5,10H2,1H3,(H,24,25). The van der Waals surface area contributed by atoms with Crippen molar-refractivity contribution in [3.63, 3.8) is 0 Å². The maximum absolute atomic E-state index is 10.6. The third kappa shape index (κ3) is 5.75. The van der Waals surface area contributed by atoms with Gasteiger partial charge in [-0.1, -0.05) is 41.8 Å². The number of aryl methyl sites for hydroxylation is 1. The Kier molecular flexibility index (Phi) is 7.49. The number of carboxylic acid groups (broad SMARTS) is 1. The van der Waals surface area contributed by atoms with Gasteiger partial charge < -0.3 is 10.2 Å². The summed E-state index contributed by atoms with van der Waals surface area (Å²) < 4.78 is 0. The molecule has 0 aliphatic rings. The smallest absolute Gasteiger partial charge is 0.303 e. The highest BCUT2D eigenvalue weighted by atomic mass is 35.5. The van der Waals surface area contributed by atoms with Crippen molar-refractivity contribution in [3.05, 3.63) is 63.1 Å². The molecule has 2 N–H and O–H groups in total. The molecular weight excluding hydrogens is 373 g/mol. The molecule has 0 aliphatic carbocycles. The van der Waals surface area contributed by atoms with E-state index in [1.165, 1.54) is 0 Å². The van der Waals surface area contributed by atoms with Crippen molar-refractivity contribution in [2.24, 2.45) is 4.99 Å². The number of benzene rings is 2. The average molecular weight is 394 g/mol. The number of aliphatic imine (C=N–C) groups is 1. The first-order valence-corrected chi connectivity index (χ1v) is 9.15. The predicted molar refractivity (Wildman–Crippen MR) is 106 cm³/mol. The van der Waals surface area contributed by atoms with Crippen LogP contribution in [0.1, 0.15) is 42.4 Å². The Labute approximate surface area is 163 Å². The molecule has 0 amide bonds. The lowest BCUT2D eigenvalue weighted by Gasteiger charge is -2.12. The number of carboxylic acids is 1. The van der Waals surface area contributed by atoms with E-state index in [4.69, 9.17) is 28.3 Å². The minimum Gasteiger partial charge on any atom is -0.507 e. The van der Waals surface area contributed by atoms with E-state index in [0.29, 0.717) is 39.8 Å². The number of phenolic OH excluding ortho intramolecular Hbond substituents is 1. The Morgan fingerprint density at radius 1 is 1.04 bits per heavy atom. The maximum Gasteiger partial charge on any atom is 0.303 e. The van der Waals surface area contributed by atoms with Gasteiger partial charge in [0, 0.05) is 34.1 Å². The Morgan fingerprint density at radius 3 is 2.38 bits per heavy atom. The number of hydrogen-bond donors (Lipinski definition) is 2. The number of phenols is 1. The number of nitrogens with zero attached hydrogens (tertiary/aromatic N) is 1. The van der Waals surface area contributed by atoms with Gasteiger partial charge >= 0.3 is 5.97 Å². The molecule has 0 unspecified atom stereocenters. The van der Waals surface area contributed by atoms with Crippen LogP contribution in [0.2, 0.25) is 10.0 Å². The second-order valence-corrected chi connectivity index (χ2v) is 6.93. The maximum atomic E-state index is 10.6. The topological polar surface area (TPSA) is 69.9 Å². The van der Waals surface area contributed by atoms with E-state index in [1.807, 2.05) is 12.1 Å². The molecule has 0 saturated carbocycles. The van der Waals surface area contributed by atoms with Crippen molar-refractivity contribution in [3.8, 4) is 5.75 Å². The van der Waals surface area contributed by atoms with Crippen LogP contribution in [0.25, 0.3) is 0 Å². The van der Waals surface area contributed by atoms with Gasteiger partial charge in [-0.3, -0.25) is 9.79 Å². The van der Waals surface area contributed by atoms with Crippen LogP contribution in [0.4, 0.5) is 0 Å². The Bertz CT molecular complexity index is 801. The molecule has 2 aromatic carbocycles. The van der Waals surface area contributed by atoms with Crippen molar-refractivity contribution >= 4 is 34.9 Å². The number of unbranched alkanes of at least 4 members (excludes halogenated alkanes) is 2. The average Bonchev–Trinajstić information content (AvgIpc) is 2.58. The summed E-state index contributed by atoms with van der Waals surface area (Å²) >= 11 is 12.1. The third-order valence-electron chi connectivity index (χ3n) is 3.96. The summed E-state index contributed by atoms with van der Waals surface area (Å²) in [4.78, 5) is 15.2. The van der Waals surface area contributed by atoms with Gasteiger partial charge in [0.15, 0.2) is 0 Å². The van der Waals surface area contributed by atoms with E-state index in [-0.39, 0.29) is 12.2 Å². The number of aromatic hydroxyl groups is 1. The molecule has 2 rings (SSSR count). The van der Waals surface area contributed by atoms with Gasteiger partial charge in [-0.25, -0.2) is 0 Å². The summed E-state index contributed by atoms with van der Waals surface area (Å²) in [5, 5.41) is 20.3. The van der Waals surface area contributed by atoms with Gasteiger partial charge in [0.25, 0.3) is 0 Å². The molecule has 2 aromatic rings. The fourth-order valence-electron chi connectivity index (χ4n) is 2.61. The fourth-order valence-corrected chi connectivity index (χ4v) is 3.01. The number of rotatable bonds is 8. The summed E-state index contributed by atoms with van der Waals surface area (Å²) in [7, 11) is 0. The van der Waals surface area contributed by atoms with E-state index in [9.17, 15) is 9.90 Å². The highest BCUT2D eigenvalue weighted by molar-refractivity contribution is 6.32. The van der Waals surface area contributed by atoms with Crippen LogP contribution in [0.3, 0.4) is 0 Å². The van der Waals surface area contributed by atoms with Crippen molar-refractivity contribution < 1.29 is 15.0 Å². The molecule has 0 saturated heterocycles. The first kappa shape index (κ1) is 20.3. The molecule has 0 radical (unpaired) electrons. The van der Waals surface area contributed by atoms with Crippen molar-refractivity contribution in [1.29, 1.82) is 0 Å². The summed E-state index contributed by atoms with van der Waals surface area (Å²) in [6, 6.07) is 10.6. The molecule has 0 aliphatic heterocycles. The monoisotopic (exact) mass is 393 g/mol. The lowest BCUT2D eigenvalue weighted by Crippen LogP contribution is -2.06. The third-order valence-corrected chi connectivity index (χ3v) is 4.43. The molecule has 0 heterocycles.